The summed E-state index contributed by atoms with van der Waals surface area (Å²) in [5.74, 6) is 0. The molecular weight excluding hydrogens is 254 g/mol. The Labute approximate surface area is 97.1 Å². The van der Waals surface area contributed by atoms with Gasteiger partial charge in [-0.05, 0) is 24.6 Å². The van der Waals surface area contributed by atoms with Crippen molar-refractivity contribution in [1.82, 2.24) is 9.55 Å². The van der Waals surface area contributed by atoms with Crippen molar-refractivity contribution < 1.29 is 0 Å². The Morgan fingerprint density at radius 2 is 2.27 bits per heavy atom. The third kappa shape index (κ3) is 2.11. The van der Waals surface area contributed by atoms with Crippen LogP contribution in [-0.2, 0) is 6.54 Å². The standard InChI is InChI=1S/C11H12BrN3/c1-8-2-3-10(4-11(8)12)15-6-9(5-13)14-7-15/h2-4,6-7H,5,13H2,1H3. The summed E-state index contributed by atoms with van der Waals surface area (Å²) in [6.45, 7) is 2.53. The molecule has 3 nitrogen and oxygen atoms in total. The lowest BCUT2D eigenvalue weighted by atomic mass is 10.2. The van der Waals surface area contributed by atoms with E-state index in [0.717, 1.165) is 15.9 Å². The van der Waals surface area contributed by atoms with Gasteiger partial charge in [0.25, 0.3) is 0 Å². The predicted molar refractivity (Wildman–Crippen MR) is 63.9 cm³/mol. The molecule has 15 heavy (non-hydrogen) atoms. The molecule has 0 fully saturated rings. The molecule has 0 radical (unpaired) electrons. The first-order valence-electron chi connectivity index (χ1n) is 4.70. The van der Waals surface area contributed by atoms with Crippen LogP contribution in [0, 0.1) is 6.92 Å². The van der Waals surface area contributed by atoms with E-state index >= 15 is 0 Å². The van der Waals surface area contributed by atoms with Gasteiger partial charge in [0, 0.05) is 22.9 Å². The number of aryl methyl sites for hydroxylation is 1. The molecule has 0 aliphatic carbocycles. The highest BCUT2D eigenvalue weighted by Gasteiger charge is 2.01. The normalized spacial score (nSPS) is 10.6. The van der Waals surface area contributed by atoms with E-state index in [1.165, 1.54) is 5.56 Å². The summed E-state index contributed by atoms with van der Waals surface area (Å²) in [6, 6.07) is 6.20. The van der Waals surface area contributed by atoms with Gasteiger partial charge in [0.05, 0.1) is 12.0 Å². The number of nitrogens with zero attached hydrogens (tertiary/aromatic N) is 2. The molecule has 1 aromatic carbocycles. The molecular formula is C11H12BrN3. The molecule has 0 aliphatic rings. The van der Waals surface area contributed by atoms with Crippen LogP contribution in [0.5, 0.6) is 0 Å². The Bertz CT molecular complexity index is 476. The minimum absolute atomic E-state index is 0.472. The van der Waals surface area contributed by atoms with Crippen LogP contribution in [0.3, 0.4) is 0 Å². The Morgan fingerprint density at radius 3 is 2.87 bits per heavy atom. The molecule has 2 N–H and O–H groups in total. The smallest absolute Gasteiger partial charge is 0.0995 e. The summed E-state index contributed by atoms with van der Waals surface area (Å²) in [6.07, 6.45) is 3.72. The van der Waals surface area contributed by atoms with Crippen LogP contribution in [-0.4, -0.2) is 9.55 Å². The van der Waals surface area contributed by atoms with Gasteiger partial charge in [-0.1, -0.05) is 22.0 Å². The lowest BCUT2D eigenvalue weighted by Gasteiger charge is -2.04. The summed E-state index contributed by atoms with van der Waals surface area (Å²) in [5, 5.41) is 0. The number of halogens is 1. The fourth-order valence-electron chi connectivity index (χ4n) is 1.35. The molecule has 0 saturated heterocycles. The summed E-state index contributed by atoms with van der Waals surface area (Å²) >= 11 is 3.51. The number of benzene rings is 1. The van der Waals surface area contributed by atoms with Crippen LogP contribution in [0.1, 0.15) is 11.3 Å². The van der Waals surface area contributed by atoms with Gasteiger partial charge >= 0.3 is 0 Å². The summed E-state index contributed by atoms with van der Waals surface area (Å²) in [7, 11) is 0. The van der Waals surface area contributed by atoms with Gasteiger partial charge in [-0.25, -0.2) is 4.98 Å². The van der Waals surface area contributed by atoms with Crippen molar-refractivity contribution in [3.63, 3.8) is 0 Å². The Kier molecular flexibility index (Phi) is 2.88. The fourth-order valence-corrected chi connectivity index (χ4v) is 1.72. The lowest BCUT2D eigenvalue weighted by Crippen LogP contribution is -1.96. The Balaban J connectivity index is 2.40. The highest BCUT2D eigenvalue weighted by molar-refractivity contribution is 9.10. The van der Waals surface area contributed by atoms with E-state index in [1.807, 2.05) is 10.8 Å². The SMILES string of the molecule is Cc1ccc(-n2cnc(CN)c2)cc1Br. The summed E-state index contributed by atoms with van der Waals surface area (Å²) in [4.78, 5) is 4.19. The van der Waals surface area contributed by atoms with Crippen molar-refractivity contribution in [2.24, 2.45) is 5.73 Å². The molecule has 0 bridgehead atoms. The van der Waals surface area contributed by atoms with E-state index in [9.17, 15) is 0 Å². The second-order valence-corrected chi connectivity index (χ2v) is 4.26. The van der Waals surface area contributed by atoms with Crippen LogP contribution in [0.4, 0.5) is 0 Å². The van der Waals surface area contributed by atoms with E-state index in [2.05, 4.69) is 46.0 Å². The molecule has 0 saturated carbocycles. The van der Waals surface area contributed by atoms with Gasteiger partial charge in [0.1, 0.15) is 0 Å². The second-order valence-electron chi connectivity index (χ2n) is 3.41. The van der Waals surface area contributed by atoms with E-state index in [0.29, 0.717) is 6.54 Å². The third-order valence-corrected chi connectivity index (χ3v) is 3.15. The van der Waals surface area contributed by atoms with Gasteiger partial charge in [-0.2, -0.15) is 0 Å². The van der Waals surface area contributed by atoms with Crippen LogP contribution >= 0.6 is 15.9 Å². The largest absolute Gasteiger partial charge is 0.325 e. The quantitative estimate of drug-likeness (QED) is 0.907. The monoisotopic (exact) mass is 265 g/mol. The Morgan fingerprint density at radius 1 is 1.47 bits per heavy atom. The first-order valence-corrected chi connectivity index (χ1v) is 5.49. The minimum atomic E-state index is 0.472. The first-order chi connectivity index (χ1) is 7.20. The highest BCUT2D eigenvalue weighted by atomic mass is 79.9. The Hall–Kier alpha value is -1.13. The van der Waals surface area contributed by atoms with Crippen molar-refractivity contribution in [2.45, 2.75) is 13.5 Å². The molecule has 2 rings (SSSR count). The van der Waals surface area contributed by atoms with Gasteiger partial charge in [-0.3, -0.25) is 0 Å². The van der Waals surface area contributed by atoms with Crippen molar-refractivity contribution in [3.05, 3.63) is 46.5 Å². The van der Waals surface area contributed by atoms with Gasteiger partial charge < -0.3 is 10.3 Å². The predicted octanol–water partition coefficient (Wildman–Crippen LogP) is 2.40. The van der Waals surface area contributed by atoms with E-state index in [-0.39, 0.29) is 0 Å². The van der Waals surface area contributed by atoms with Crippen LogP contribution < -0.4 is 5.73 Å². The molecule has 0 atom stereocenters. The number of hydrogen-bond donors (Lipinski definition) is 1. The second kappa shape index (κ2) is 4.16. The van der Waals surface area contributed by atoms with E-state index < -0.39 is 0 Å². The van der Waals surface area contributed by atoms with Gasteiger partial charge in [0.2, 0.25) is 0 Å². The van der Waals surface area contributed by atoms with Gasteiger partial charge in [0.15, 0.2) is 0 Å². The molecule has 2 aromatic rings. The first kappa shape index (κ1) is 10.4. The minimum Gasteiger partial charge on any atom is -0.325 e. The maximum atomic E-state index is 5.51. The molecule has 1 heterocycles. The molecule has 1 aromatic heterocycles. The number of aromatic nitrogens is 2. The number of imidazole rings is 1. The molecule has 78 valence electrons. The zero-order valence-corrected chi connectivity index (χ0v) is 10.0. The number of nitrogens with two attached hydrogens (primary N) is 1. The van der Waals surface area contributed by atoms with Crippen molar-refractivity contribution in [3.8, 4) is 5.69 Å². The average molecular weight is 266 g/mol. The molecule has 0 amide bonds. The molecule has 0 spiro atoms. The number of rotatable bonds is 2. The van der Waals surface area contributed by atoms with Crippen molar-refractivity contribution in [1.29, 1.82) is 0 Å². The summed E-state index contributed by atoms with van der Waals surface area (Å²) < 4.78 is 3.06. The molecule has 4 heteroatoms. The highest BCUT2D eigenvalue weighted by Crippen LogP contribution is 2.20. The zero-order valence-electron chi connectivity index (χ0n) is 8.44. The molecule has 0 unspecified atom stereocenters. The lowest BCUT2D eigenvalue weighted by molar-refractivity contribution is 1.01. The average Bonchev–Trinajstić information content (AvgIpc) is 2.70. The van der Waals surface area contributed by atoms with Crippen LogP contribution in [0.15, 0.2) is 35.2 Å². The van der Waals surface area contributed by atoms with Crippen LogP contribution in [0.25, 0.3) is 5.69 Å². The van der Waals surface area contributed by atoms with E-state index in [4.69, 9.17) is 5.73 Å². The van der Waals surface area contributed by atoms with Crippen LogP contribution in [0.2, 0.25) is 0 Å². The number of hydrogen-bond acceptors (Lipinski definition) is 2. The zero-order chi connectivity index (χ0) is 10.8. The van der Waals surface area contributed by atoms with Crippen molar-refractivity contribution >= 4 is 15.9 Å². The topological polar surface area (TPSA) is 43.8 Å². The molecule has 0 aliphatic heterocycles. The summed E-state index contributed by atoms with van der Waals surface area (Å²) in [5.41, 5.74) is 8.71. The van der Waals surface area contributed by atoms with Gasteiger partial charge in [-0.15, -0.1) is 0 Å². The third-order valence-electron chi connectivity index (χ3n) is 2.30. The maximum absolute atomic E-state index is 5.51. The fraction of sp³-hybridized carbons (Fsp3) is 0.182. The van der Waals surface area contributed by atoms with Crippen molar-refractivity contribution in [2.75, 3.05) is 0 Å². The van der Waals surface area contributed by atoms with E-state index in [1.54, 1.807) is 6.33 Å². The maximum Gasteiger partial charge on any atom is 0.0995 e.